The largest absolute Gasteiger partial charge is 0.335 e. The minimum atomic E-state index is 0. The third-order valence-corrected chi connectivity index (χ3v) is 3.89. The normalized spacial score (nSPS) is 14.1. The zero-order chi connectivity index (χ0) is 12.1. The number of rotatable bonds is 7. The van der Waals surface area contributed by atoms with Crippen molar-refractivity contribution < 1.29 is 4.79 Å². The molecule has 1 aromatic heterocycles. The van der Waals surface area contributed by atoms with Crippen molar-refractivity contribution in [2.75, 3.05) is 13.6 Å². The second kappa shape index (κ2) is 7.77. The molecule has 0 spiro atoms. The number of carbonyl (C=O) groups excluding carboxylic acids is 1. The second-order valence-corrected chi connectivity index (χ2v) is 5.57. The van der Waals surface area contributed by atoms with Crippen LogP contribution in [0, 0.1) is 0 Å². The van der Waals surface area contributed by atoms with Crippen LogP contribution < -0.4 is 5.32 Å². The Morgan fingerprint density at radius 2 is 2.33 bits per heavy atom. The first-order valence-corrected chi connectivity index (χ1v) is 7.15. The zero-order valence-corrected chi connectivity index (χ0v) is 12.4. The smallest absolute Gasteiger partial charge is 0.223 e. The van der Waals surface area contributed by atoms with Gasteiger partial charge in [-0.25, -0.2) is 0 Å². The quantitative estimate of drug-likeness (QED) is 0.783. The average molecular weight is 289 g/mol. The highest BCUT2D eigenvalue weighted by Gasteiger charge is 2.32. The Balaban J connectivity index is 0.00000162. The molecule has 1 aromatic rings. The molecule has 0 aliphatic heterocycles. The highest BCUT2D eigenvalue weighted by Crippen LogP contribution is 2.29. The molecule has 0 atom stereocenters. The molecule has 3 nitrogen and oxygen atoms in total. The van der Waals surface area contributed by atoms with Gasteiger partial charge in [0.1, 0.15) is 0 Å². The molecule has 0 unspecified atom stereocenters. The van der Waals surface area contributed by atoms with Crippen LogP contribution in [0.2, 0.25) is 0 Å². The first kappa shape index (κ1) is 15.5. The summed E-state index contributed by atoms with van der Waals surface area (Å²) in [6, 6.07) is 4.68. The molecule has 2 rings (SSSR count). The van der Waals surface area contributed by atoms with E-state index in [4.69, 9.17) is 0 Å². The highest BCUT2D eigenvalue weighted by atomic mass is 35.5. The van der Waals surface area contributed by atoms with Crippen LogP contribution in [0.3, 0.4) is 0 Å². The fourth-order valence-electron chi connectivity index (χ4n) is 1.94. The Morgan fingerprint density at radius 3 is 2.89 bits per heavy atom. The summed E-state index contributed by atoms with van der Waals surface area (Å²) in [5.74, 6) is 0.316. The molecule has 1 saturated carbocycles. The highest BCUT2D eigenvalue weighted by molar-refractivity contribution is 7.09. The van der Waals surface area contributed by atoms with Crippen LogP contribution in [-0.4, -0.2) is 30.4 Å². The summed E-state index contributed by atoms with van der Waals surface area (Å²) in [6.07, 6.45) is 3.97. The van der Waals surface area contributed by atoms with Gasteiger partial charge in [0.2, 0.25) is 5.91 Å². The summed E-state index contributed by atoms with van der Waals surface area (Å²) in [5, 5.41) is 5.16. The lowest BCUT2D eigenvalue weighted by atomic mass is 10.2. The summed E-state index contributed by atoms with van der Waals surface area (Å²) in [7, 11) is 1.93. The van der Waals surface area contributed by atoms with Crippen molar-refractivity contribution in [2.45, 2.75) is 38.3 Å². The molecule has 102 valence electrons. The maximum absolute atomic E-state index is 12.1. The number of thiophene rings is 1. The third-order valence-electron chi connectivity index (χ3n) is 3.03. The molecule has 0 saturated heterocycles. The Labute approximate surface area is 119 Å². The summed E-state index contributed by atoms with van der Waals surface area (Å²) >= 11 is 1.74. The maximum Gasteiger partial charge on any atom is 0.223 e. The van der Waals surface area contributed by atoms with Crippen molar-refractivity contribution in [2.24, 2.45) is 0 Å². The lowest BCUT2D eigenvalue weighted by Gasteiger charge is -2.21. The van der Waals surface area contributed by atoms with E-state index in [9.17, 15) is 4.79 Å². The van der Waals surface area contributed by atoms with Crippen molar-refractivity contribution >= 4 is 29.7 Å². The number of hydrogen-bond acceptors (Lipinski definition) is 3. The zero-order valence-electron chi connectivity index (χ0n) is 10.7. The van der Waals surface area contributed by atoms with Crippen LogP contribution in [-0.2, 0) is 11.3 Å². The molecule has 1 aliphatic carbocycles. The molecule has 0 bridgehead atoms. The van der Waals surface area contributed by atoms with Gasteiger partial charge in [0, 0.05) is 17.3 Å². The molecule has 1 N–H and O–H groups in total. The third kappa shape index (κ3) is 4.59. The Bertz CT molecular complexity index is 352. The number of nitrogens with one attached hydrogen (secondary N) is 1. The molecule has 0 radical (unpaired) electrons. The van der Waals surface area contributed by atoms with E-state index in [-0.39, 0.29) is 12.4 Å². The van der Waals surface area contributed by atoms with Gasteiger partial charge in [0.05, 0.1) is 6.54 Å². The Kier molecular flexibility index (Phi) is 6.68. The number of amides is 1. The van der Waals surface area contributed by atoms with Crippen LogP contribution >= 0.6 is 23.7 Å². The summed E-state index contributed by atoms with van der Waals surface area (Å²) in [4.78, 5) is 15.5. The fourth-order valence-corrected chi connectivity index (χ4v) is 2.64. The Hall–Kier alpha value is -0.580. The monoisotopic (exact) mass is 288 g/mol. The molecule has 0 aromatic carbocycles. The van der Waals surface area contributed by atoms with Crippen molar-refractivity contribution in [1.82, 2.24) is 10.2 Å². The van der Waals surface area contributed by atoms with Crippen molar-refractivity contribution in [3.05, 3.63) is 22.4 Å². The van der Waals surface area contributed by atoms with Crippen molar-refractivity contribution in [3.8, 4) is 0 Å². The van der Waals surface area contributed by atoms with Crippen molar-refractivity contribution in [1.29, 1.82) is 0 Å². The predicted octanol–water partition coefficient (Wildman–Crippen LogP) is 2.66. The van der Waals surface area contributed by atoms with Crippen LogP contribution in [0.4, 0.5) is 0 Å². The van der Waals surface area contributed by atoms with E-state index in [1.54, 1.807) is 11.3 Å². The van der Waals surface area contributed by atoms with E-state index >= 15 is 0 Å². The number of carbonyl (C=O) groups is 1. The molecule has 1 heterocycles. The van der Waals surface area contributed by atoms with E-state index < -0.39 is 0 Å². The Morgan fingerprint density at radius 1 is 1.56 bits per heavy atom. The second-order valence-electron chi connectivity index (χ2n) is 4.54. The standard InChI is InChI=1S/C13H20N2OS.ClH/c1-14-8-2-5-13(16)15(11-6-7-11)10-12-4-3-9-17-12;/h3-4,9,11,14H,2,5-8,10H2,1H3;1H. The summed E-state index contributed by atoms with van der Waals surface area (Å²) < 4.78 is 0. The summed E-state index contributed by atoms with van der Waals surface area (Å²) in [6.45, 7) is 1.73. The minimum absolute atomic E-state index is 0. The van der Waals surface area contributed by atoms with E-state index in [0.717, 1.165) is 19.5 Å². The molecular weight excluding hydrogens is 268 g/mol. The first-order valence-electron chi connectivity index (χ1n) is 6.27. The van der Waals surface area contributed by atoms with Gasteiger partial charge in [0.25, 0.3) is 0 Å². The van der Waals surface area contributed by atoms with E-state index in [1.165, 1.54) is 17.7 Å². The molecule has 5 heteroatoms. The van der Waals surface area contributed by atoms with Crippen molar-refractivity contribution in [3.63, 3.8) is 0 Å². The SMILES string of the molecule is CNCCCC(=O)N(Cc1cccs1)C1CC1.Cl. The van der Waals surface area contributed by atoms with Gasteiger partial charge in [0.15, 0.2) is 0 Å². The number of nitrogens with zero attached hydrogens (tertiary/aromatic N) is 1. The van der Waals surface area contributed by atoms with Crippen LogP contribution in [0.25, 0.3) is 0 Å². The first-order chi connectivity index (χ1) is 8.31. The van der Waals surface area contributed by atoms with Crippen LogP contribution in [0.1, 0.15) is 30.6 Å². The van der Waals surface area contributed by atoms with Crippen LogP contribution in [0.5, 0.6) is 0 Å². The molecule has 18 heavy (non-hydrogen) atoms. The topological polar surface area (TPSA) is 32.3 Å². The predicted molar refractivity (Wildman–Crippen MR) is 78.3 cm³/mol. The molecular formula is C13H21ClN2OS. The lowest BCUT2D eigenvalue weighted by Crippen LogP contribution is -2.32. The van der Waals surface area contributed by atoms with Crippen LogP contribution in [0.15, 0.2) is 17.5 Å². The number of hydrogen-bond donors (Lipinski definition) is 1. The van der Waals surface area contributed by atoms with Gasteiger partial charge in [-0.2, -0.15) is 0 Å². The summed E-state index contributed by atoms with van der Waals surface area (Å²) in [5.41, 5.74) is 0. The number of halogens is 1. The maximum atomic E-state index is 12.1. The molecule has 1 aliphatic rings. The van der Waals surface area contributed by atoms with Gasteiger partial charge >= 0.3 is 0 Å². The van der Waals surface area contributed by atoms with Gasteiger partial charge in [-0.05, 0) is 44.3 Å². The van der Waals surface area contributed by atoms with Gasteiger partial charge in [-0.1, -0.05) is 6.07 Å². The van der Waals surface area contributed by atoms with Gasteiger partial charge in [-0.15, -0.1) is 23.7 Å². The average Bonchev–Trinajstić information content (AvgIpc) is 3.03. The fraction of sp³-hybridized carbons (Fsp3) is 0.615. The molecule has 1 amide bonds. The van der Waals surface area contributed by atoms with Gasteiger partial charge in [-0.3, -0.25) is 4.79 Å². The minimum Gasteiger partial charge on any atom is -0.335 e. The lowest BCUT2D eigenvalue weighted by molar-refractivity contribution is -0.132. The van der Waals surface area contributed by atoms with E-state index in [2.05, 4.69) is 27.7 Å². The van der Waals surface area contributed by atoms with Gasteiger partial charge < -0.3 is 10.2 Å². The van der Waals surface area contributed by atoms with E-state index in [1.807, 2.05) is 7.05 Å². The molecule has 1 fully saturated rings. The van der Waals surface area contributed by atoms with E-state index in [0.29, 0.717) is 18.4 Å².